The molecule has 0 spiro atoms. The van der Waals surface area contributed by atoms with E-state index in [1.54, 1.807) is 6.20 Å². The molecule has 3 N–H and O–H groups in total. The topological polar surface area (TPSA) is 69.8 Å². The van der Waals surface area contributed by atoms with E-state index in [-0.39, 0.29) is 5.91 Å². The molecule has 0 fully saturated rings. The SMILES string of the molecule is Cc1ccccc1Nc1ccc(NC(=O)Cc2c[nH]c3ccccc23)cn1. The van der Waals surface area contributed by atoms with Crippen LogP contribution in [0.3, 0.4) is 0 Å². The molecular weight excluding hydrogens is 336 g/mol. The summed E-state index contributed by atoms with van der Waals surface area (Å²) in [6, 6.07) is 19.7. The Balaban J connectivity index is 1.41. The fraction of sp³-hybridized carbons (Fsp3) is 0.0909. The number of fused-ring (bicyclic) bond motifs is 1. The highest BCUT2D eigenvalue weighted by atomic mass is 16.1. The first kappa shape index (κ1) is 16.8. The summed E-state index contributed by atoms with van der Waals surface area (Å²) in [6.45, 7) is 2.04. The molecule has 0 aliphatic heterocycles. The van der Waals surface area contributed by atoms with Gasteiger partial charge in [-0.05, 0) is 42.3 Å². The molecule has 2 aromatic heterocycles. The maximum absolute atomic E-state index is 12.4. The molecule has 4 rings (SSSR count). The lowest BCUT2D eigenvalue weighted by atomic mass is 10.1. The van der Waals surface area contributed by atoms with E-state index in [1.807, 2.05) is 73.8 Å². The van der Waals surface area contributed by atoms with Gasteiger partial charge in [-0.3, -0.25) is 4.79 Å². The Morgan fingerprint density at radius 2 is 1.85 bits per heavy atom. The standard InChI is InChI=1S/C22H20N4O/c1-15-6-2-4-8-19(15)26-21-11-10-17(14-24-21)25-22(27)12-16-13-23-20-9-5-3-7-18(16)20/h2-11,13-14,23H,12H2,1H3,(H,24,26)(H,25,27). The Labute approximate surface area is 157 Å². The van der Waals surface area contributed by atoms with Crippen LogP contribution in [0.4, 0.5) is 17.2 Å². The van der Waals surface area contributed by atoms with Crippen LogP contribution < -0.4 is 10.6 Å². The summed E-state index contributed by atoms with van der Waals surface area (Å²) in [5.74, 6) is 0.667. The van der Waals surface area contributed by atoms with Crippen molar-refractivity contribution in [3.63, 3.8) is 0 Å². The molecule has 0 aliphatic carbocycles. The van der Waals surface area contributed by atoms with Crippen LogP contribution in [-0.4, -0.2) is 15.9 Å². The third-order valence-electron chi connectivity index (χ3n) is 4.48. The number of aromatic nitrogens is 2. The Morgan fingerprint density at radius 3 is 2.67 bits per heavy atom. The van der Waals surface area contributed by atoms with Crippen molar-refractivity contribution in [2.75, 3.05) is 10.6 Å². The third kappa shape index (κ3) is 3.82. The number of nitrogens with zero attached hydrogens (tertiary/aromatic N) is 1. The number of hydrogen-bond acceptors (Lipinski definition) is 3. The molecule has 2 heterocycles. The summed E-state index contributed by atoms with van der Waals surface area (Å²) >= 11 is 0. The van der Waals surface area contributed by atoms with Crippen molar-refractivity contribution in [2.45, 2.75) is 13.3 Å². The molecule has 0 unspecified atom stereocenters. The van der Waals surface area contributed by atoms with Crippen LogP contribution in [0.25, 0.3) is 10.9 Å². The number of benzene rings is 2. The second-order valence-electron chi connectivity index (χ2n) is 6.46. The summed E-state index contributed by atoms with van der Waals surface area (Å²) in [6.07, 6.45) is 3.86. The lowest BCUT2D eigenvalue weighted by Crippen LogP contribution is -2.14. The van der Waals surface area contributed by atoms with Crippen LogP contribution in [0.1, 0.15) is 11.1 Å². The van der Waals surface area contributed by atoms with Gasteiger partial charge in [-0.25, -0.2) is 4.98 Å². The highest BCUT2D eigenvalue weighted by Crippen LogP contribution is 2.21. The van der Waals surface area contributed by atoms with E-state index in [1.165, 1.54) is 0 Å². The Morgan fingerprint density at radius 1 is 1.04 bits per heavy atom. The van der Waals surface area contributed by atoms with Gasteiger partial charge in [0.25, 0.3) is 0 Å². The van der Waals surface area contributed by atoms with Gasteiger partial charge in [-0.15, -0.1) is 0 Å². The number of aromatic amines is 1. The van der Waals surface area contributed by atoms with Crippen molar-refractivity contribution in [3.8, 4) is 0 Å². The van der Waals surface area contributed by atoms with Gasteiger partial charge in [-0.2, -0.15) is 0 Å². The lowest BCUT2D eigenvalue weighted by Gasteiger charge is -2.09. The summed E-state index contributed by atoms with van der Waals surface area (Å²) in [5, 5.41) is 7.26. The van der Waals surface area contributed by atoms with Crippen LogP contribution in [0.2, 0.25) is 0 Å². The molecule has 2 aromatic carbocycles. The van der Waals surface area contributed by atoms with E-state index in [0.29, 0.717) is 12.1 Å². The molecule has 0 saturated carbocycles. The molecule has 27 heavy (non-hydrogen) atoms. The highest BCUT2D eigenvalue weighted by molar-refractivity contribution is 5.95. The average Bonchev–Trinajstić information content (AvgIpc) is 3.08. The first-order chi connectivity index (χ1) is 13.2. The smallest absolute Gasteiger partial charge is 0.228 e. The van der Waals surface area contributed by atoms with Crippen molar-refractivity contribution in [1.29, 1.82) is 0 Å². The van der Waals surface area contributed by atoms with Gasteiger partial charge in [0.1, 0.15) is 5.82 Å². The minimum Gasteiger partial charge on any atom is -0.361 e. The molecular formula is C22H20N4O. The van der Waals surface area contributed by atoms with Gasteiger partial charge in [-0.1, -0.05) is 36.4 Å². The maximum Gasteiger partial charge on any atom is 0.228 e. The van der Waals surface area contributed by atoms with Gasteiger partial charge < -0.3 is 15.6 Å². The molecule has 5 nitrogen and oxygen atoms in total. The van der Waals surface area contributed by atoms with E-state index < -0.39 is 0 Å². The van der Waals surface area contributed by atoms with Gasteiger partial charge >= 0.3 is 0 Å². The zero-order chi connectivity index (χ0) is 18.6. The molecule has 134 valence electrons. The second kappa shape index (κ2) is 7.33. The van der Waals surface area contributed by atoms with Gasteiger partial charge in [0.15, 0.2) is 0 Å². The predicted octanol–water partition coefficient (Wildman–Crippen LogP) is 4.80. The monoisotopic (exact) mass is 356 g/mol. The number of para-hydroxylation sites is 2. The fourth-order valence-electron chi connectivity index (χ4n) is 3.05. The van der Waals surface area contributed by atoms with Crippen LogP contribution in [0.5, 0.6) is 0 Å². The van der Waals surface area contributed by atoms with Crippen molar-refractivity contribution in [3.05, 3.63) is 84.2 Å². The Bertz CT molecular complexity index is 1080. The van der Waals surface area contributed by atoms with Crippen LogP contribution in [0.15, 0.2) is 73.1 Å². The molecule has 0 atom stereocenters. The number of hydrogen-bond donors (Lipinski definition) is 3. The van der Waals surface area contributed by atoms with Gasteiger partial charge in [0.05, 0.1) is 18.3 Å². The molecule has 0 bridgehead atoms. The summed E-state index contributed by atoms with van der Waals surface area (Å²) in [4.78, 5) is 20.0. The number of nitrogens with one attached hydrogen (secondary N) is 3. The second-order valence-corrected chi connectivity index (χ2v) is 6.46. The van der Waals surface area contributed by atoms with Crippen molar-refractivity contribution >= 4 is 34.0 Å². The van der Waals surface area contributed by atoms with Gasteiger partial charge in [0.2, 0.25) is 5.91 Å². The van der Waals surface area contributed by atoms with E-state index in [4.69, 9.17) is 0 Å². The first-order valence-corrected chi connectivity index (χ1v) is 8.82. The normalized spacial score (nSPS) is 10.7. The highest BCUT2D eigenvalue weighted by Gasteiger charge is 2.09. The summed E-state index contributed by atoms with van der Waals surface area (Å²) in [7, 11) is 0. The number of H-pyrrole nitrogens is 1. The number of carbonyl (C=O) groups excluding carboxylic acids is 1. The van der Waals surface area contributed by atoms with E-state index in [2.05, 4.69) is 20.6 Å². The third-order valence-corrected chi connectivity index (χ3v) is 4.48. The molecule has 0 aliphatic rings. The van der Waals surface area contributed by atoms with Crippen molar-refractivity contribution in [2.24, 2.45) is 0 Å². The maximum atomic E-state index is 12.4. The van der Waals surface area contributed by atoms with Crippen LogP contribution in [-0.2, 0) is 11.2 Å². The van der Waals surface area contributed by atoms with E-state index >= 15 is 0 Å². The van der Waals surface area contributed by atoms with Crippen LogP contribution >= 0.6 is 0 Å². The van der Waals surface area contributed by atoms with E-state index in [9.17, 15) is 4.79 Å². The first-order valence-electron chi connectivity index (χ1n) is 8.82. The number of carbonyl (C=O) groups is 1. The van der Waals surface area contributed by atoms with Crippen LogP contribution in [0, 0.1) is 6.92 Å². The lowest BCUT2D eigenvalue weighted by molar-refractivity contribution is -0.115. The zero-order valence-electron chi connectivity index (χ0n) is 15.0. The number of pyridine rings is 1. The Hall–Kier alpha value is -3.60. The molecule has 0 saturated heterocycles. The minimum atomic E-state index is -0.0684. The minimum absolute atomic E-state index is 0.0684. The Kier molecular flexibility index (Phi) is 4.58. The largest absolute Gasteiger partial charge is 0.361 e. The zero-order valence-corrected chi connectivity index (χ0v) is 15.0. The van der Waals surface area contributed by atoms with E-state index in [0.717, 1.165) is 33.5 Å². The van der Waals surface area contributed by atoms with Crippen molar-refractivity contribution in [1.82, 2.24) is 9.97 Å². The summed E-state index contributed by atoms with van der Waals surface area (Å²) in [5.41, 5.74) is 4.86. The molecule has 4 aromatic rings. The molecule has 5 heteroatoms. The number of aryl methyl sites for hydroxylation is 1. The average molecular weight is 356 g/mol. The fourth-order valence-corrected chi connectivity index (χ4v) is 3.05. The quantitative estimate of drug-likeness (QED) is 0.481. The number of amides is 1. The number of anilines is 3. The van der Waals surface area contributed by atoms with Crippen molar-refractivity contribution < 1.29 is 4.79 Å². The molecule has 1 amide bonds. The predicted molar refractivity (Wildman–Crippen MR) is 109 cm³/mol. The van der Waals surface area contributed by atoms with Gasteiger partial charge in [0, 0.05) is 22.8 Å². The number of rotatable bonds is 5. The molecule has 0 radical (unpaired) electrons. The summed E-state index contributed by atoms with van der Waals surface area (Å²) < 4.78 is 0.